The van der Waals surface area contributed by atoms with E-state index in [2.05, 4.69) is 5.32 Å². The molecular formula is C21H22Cl2N2O4. The molecule has 0 aromatic heterocycles. The van der Waals surface area contributed by atoms with Crippen molar-refractivity contribution in [2.75, 3.05) is 25.0 Å². The predicted octanol–water partition coefficient (Wildman–Crippen LogP) is 4.45. The van der Waals surface area contributed by atoms with Crippen LogP contribution in [0.1, 0.15) is 30.6 Å². The highest BCUT2D eigenvalue weighted by Crippen LogP contribution is 2.25. The largest absolute Gasteiger partial charge is 0.484 e. The lowest BCUT2D eigenvalue weighted by atomic mass is 10.1. The summed E-state index contributed by atoms with van der Waals surface area (Å²) < 4.78 is 5.49. The highest BCUT2D eigenvalue weighted by Gasteiger charge is 2.18. The van der Waals surface area contributed by atoms with Crippen LogP contribution < -0.4 is 10.1 Å². The molecule has 0 unspecified atom stereocenters. The van der Waals surface area contributed by atoms with Gasteiger partial charge >= 0.3 is 0 Å². The zero-order valence-corrected chi connectivity index (χ0v) is 17.7. The molecule has 2 rings (SSSR count). The van der Waals surface area contributed by atoms with E-state index in [1.807, 2.05) is 6.92 Å². The van der Waals surface area contributed by atoms with E-state index in [4.69, 9.17) is 27.9 Å². The number of hydrogen-bond donors (Lipinski definition) is 1. The maximum Gasteiger partial charge on any atom is 0.260 e. The van der Waals surface area contributed by atoms with Crippen LogP contribution in [-0.4, -0.2) is 42.2 Å². The van der Waals surface area contributed by atoms with Crippen LogP contribution >= 0.6 is 23.2 Å². The molecule has 0 fully saturated rings. The fraction of sp³-hybridized carbons (Fsp3) is 0.286. The van der Waals surface area contributed by atoms with Crippen molar-refractivity contribution in [3.05, 3.63) is 58.1 Å². The van der Waals surface area contributed by atoms with Gasteiger partial charge in [0.25, 0.3) is 5.91 Å². The van der Waals surface area contributed by atoms with E-state index in [9.17, 15) is 14.4 Å². The quantitative estimate of drug-likeness (QED) is 0.588. The molecule has 0 aliphatic rings. The van der Waals surface area contributed by atoms with Crippen LogP contribution in [0.15, 0.2) is 42.5 Å². The predicted molar refractivity (Wildman–Crippen MR) is 114 cm³/mol. The van der Waals surface area contributed by atoms with Crippen LogP contribution in [-0.2, 0) is 9.59 Å². The lowest BCUT2D eigenvalue weighted by molar-refractivity contribution is -0.136. The average Bonchev–Trinajstić information content (AvgIpc) is 2.69. The molecule has 0 aliphatic carbocycles. The molecule has 0 saturated heterocycles. The normalized spacial score (nSPS) is 10.3. The van der Waals surface area contributed by atoms with E-state index in [1.54, 1.807) is 42.5 Å². The van der Waals surface area contributed by atoms with E-state index in [0.29, 0.717) is 40.0 Å². The van der Waals surface area contributed by atoms with Crippen molar-refractivity contribution in [3.63, 3.8) is 0 Å². The zero-order valence-electron chi connectivity index (χ0n) is 16.2. The molecule has 0 aliphatic heterocycles. The van der Waals surface area contributed by atoms with Gasteiger partial charge in [0.1, 0.15) is 5.75 Å². The third-order valence-electron chi connectivity index (χ3n) is 4.01. The second-order valence-electron chi connectivity index (χ2n) is 6.36. The van der Waals surface area contributed by atoms with E-state index < -0.39 is 0 Å². The molecule has 8 heteroatoms. The number of nitrogens with zero attached hydrogens (tertiary/aromatic N) is 1. The Morgan fingerprint density at radius 2 is 1.76 bits per heavy atom. The van der Waals surface area contributed by atoms with Crippen LogP contribution in [0.2, 0.25) is 10.0 Å². The Labute approximate surface area is 179 Å². The number of hydrogen-bond acceptors (Lipinski definition) is 4. The Morgan fingerprint density at radius 1 is 1.07 bits per heavy atom. The first-order valence-corrected chi connectivity index (χ1v) is 9.82. The van der Waals surface area contributed by atoms with Gasteiger partial charge in [0.15, 0.2) is 12.4 Å². The highest BCUT2D eigenvalue weighted by molar-refractivity contribution is 6.35. The van der Waals surface area contributed by atoms with Gasteiger partial charge in [-0.15, -0.1) is 0 Å². The molecule has 0 saturated carbocycles. The van der Waals surface area contributed by atoms with Crippen molar-refractivity contribution in [2.45, 2.75) is 20.3 Å². The number of ether oxygens (including phenoxy) is 1. The first kappa shape index (κ1) is 22.7. The molecule has 0 radical (unpaired) electrons. The second kappa shape index (κ2) is 10.8. The van der Waals surface area contributed by atoms with E-state index >= 15 is 0 Å². The topological polar surface area (TPSA) is 75.7 Å². The third-order valence-corrected chi connectivity index (χ3v) is 4.57. The van der Waals surface area contributed by atoms with Crippen molar-refractivity contribution in [1.82, 2.24) is 4.90 Å². The van der Waals surface area contributed by atoms with Crippen LogP contribution in [0.4, 0.5) is 5.69 Å². The summed E-state index contributed by atoms with van der Waals surface area (Å²) in [4.78, 5) is 37.6. The third kappa shape index (κ3) is 7.07. The van der Waals surface area contributed by atoms with E-state index in [0.717, 1.165) is 0 Å². The van der Waals surface area contributed by atoms with Crippen molar-refractivity contribution >= 4 is 46.5 Å². The van der Waals surface area contributed by atoms with Crippen LogP contribution in [0.25, 0.3) is 0 Å². The SMILES string of the molecule is CCCN(CC(=O)Nc1cc(Cl)ccc1Cl)C(=O)COc1ccc(C(C)=O)cc1. The number of amides is 2. The molecule has 0 heterocycles. The van der Waals surface area contributed by atoms with Crippen molar-refractivity contribution < 1.29 is 19.1 Å². The molecule has 0 bridgehead atoms. The minimum atomic E-state index is -0.387. The Balaban J connectivity index is 1.94. The standard InChI is InChI=1S/C21H22Cl2N2O4/c1-3-10-25(12-20(27)24-19-11-16(22)6-9-18(19)23)21(28)13-29-17-7-4-15(5-8-17)14(2)26/h4-9,11H,3,10,12-13H2,1-2H3,(H,24,27). The maximum atomic E-state index is 12.5. The van der Waals surface area contributed by atoms with E-state index in [-0.39, 0.29) is 30.7 Å². The summed E-state index contributed by atoms with van der Waals surface area (Å²) in [6.45, 7) is 3.44. The molecule has 1 N–H and O–H groups in total. The summed E-state index contributed by atoms with van der Waals surface area (Å²) in [7, 11) is 0. The Bertz CT molecular complexity index is 885. The number of ketones is 1. The highest BCUT2D eigenvalue weighted by atomic mass is 35.5. The van der Waals surface area contributed by atoms with Gasteiger partial charge in [0, 0.05) is 17.1 Å². The number of nitrogens with one attached hydrogen (secondary N) is 1. The molecule has 2 aromatic rings. The molecule has 0 atom stereocenters. The molecule has 6 nitrogen and oxygen atoms in total. The number of rotatable bonds is 9. The number of anilines is 1. The van der Waals surface area contributed by atoms with Crippen molar-refractivity contribution in [1.29, 1.82) is 0 Å². The monoisotopic (exact) mass is 436 g/mol. The number of benzene rings is 2. The minimum absolute atomic E-state index is 0.0485. The van der Waals surface area contributed by atoms with E-state index in [1.165, 1.54) is 11.8 Å². The van der Waals surface area contributed by atoms with Gasteiger partial charge in [-0.1, -0.05) is 30.1 Å². The van der Waals surface area contributed by atoms with Gasteiger partial charge in [-0.3, -0.25) is 14.4 Å². The number of carbonyl (C=O) groups is 3. The molecule has 0 spiro atoms. The summed E-state index contributed by atoms with van der Waals surface area (Å²) >= 11 is 12.0. The van der Waals surface area contributed by atoms with Gasteiger partial charge < -0.3 is 15.0 Å². The lowest BCUT2D eigenvalue weighted by Crippen LogP contribution is -2.41. The summed E-state index contributed by atoms with van der Waals surface area (Å²) in [5, 5.41) is 3.46. The molecule has 154 valence electrons. The molecular weight excluding hydrogens is 415 g/mol. The zero-order chi connectivity index (χ0) is 21.4. The number of halogens is 2. The fourth-order valence-corrected chi connectivity index (χ4v) is 2.88. The van der Waals surface area contributed by atoms with Gasteiger partial charge in [-0.2, -0.15) is 0 Å². The van der Waals surface area contributed by atoms with Gasteiger partial charge in [-0.05, 0) is 55.8 Å². The first-order chi connectivity index (χ1) is 13.8. The number of carbonyl (C=O) groups excluding carboxylic acids is 3. The minimum Gasteiger partial charge on any atom is -0.484 e. The second-order valence-corrected chi connectivity index (χ2v) is 7.20. The van der Waals surface area contributed by atoms with Crippen LogP contribution in [0.3, 0.4) is 0 Å². The first-order valence-electron chi connectivity index (χ1n) is 9.06. The molecule has 29 heavy (non-hydrogen) atoms. The van der Waals surface area contributed by atoms with Gasteiger partial charge in [0.05, 0.1) is 17.3 Å². The molecule has 2 aromatic carbocycles. The Kier molecular flexibility index (Phi) is 8.49. The summed E-state index contributed by atoms with van der Waals surface area (Å²) in [6, 6.07) is 11.3. The molecule has 2 amide bonds. The van der Waals surface area contributed by atoms with Crippen molar-refractivity contribution in [3.8, 4) is 5.75 Å². The Hall–Kier alpha value is -2.57. The van der Waals surface area contributed by atoms with Gasteiger partial charge in [0.2, 0.25) is 5.91 Å². The Morgan fingerprint density at radius 3 is 2.38 bits per heavy atom. The lowest BCUT2D eigenvalue weighted by Gasteiger charge is -2.22. The smallest absolute Gasteiger partial charge is 0.260 e. The number of Topliss-reactive ketones (excluding diaryl/α,β-unsaturated/α-hetero) is 1. The van der Waals surface area contributed by atoms with Gasteiger partial charge in [-0.25, -0.2) is 0 Å². The van der Waals surface area contributed by atoms with Crippen LogP contribution in [0.5, 0.6) is 5.75 Å². The summed E-state index contributed by atoms with van der Waals surface area (Å²) in [5.74, 6) is -0.292. The van der Waals surface area contributed by atoms with Crippen molar-refractivity contribution in [2.24, 2.45) is 0 Å². The fourth-order valence-electron chi connectivity index (χ4n) is 2.54. The average molecular weight is 437 g/mol. The maximum absolute atomic E-state index is 12.5. The van der Waals surface area contributed by atoms with Crippen LogP contribution in [0, 0.1) is 0 Å². The summed E-state index contributed by atoms with van der Waals surface area (Å²) in [5.41, 5.74) is 0.947. The summed E-state index contributed by atoms with van der Waals surface area (Å²) in [6.07, 6.45) is 0.685.